The fourth-order valence-corrected chi connectivity index (χ4v) is 3.90. The topological polar surface area (TPSA) is 92.6 Å². The number of hydrogen-bond donors (Lipinski definition) is 1. The Hall–Kier alpha value is -2.45. The van der Waals surface area contributed by atoms with Crippen molar-refractivity contribution in [3.63, 3.8) is 0 Å². The molecule has 8 heteroatoms. The molecule has 0 amide bonds. The van der Waals surface area contributed by atoms with Crippen LogP contribution in [0.2, 0.25) is 0 Å². The average molecular weight is 349 g/mol. The van der Waals surface area contributed by atoms with Gasteiger partial charge in [-0.25, -0.2) is 8.42 Å². The molecule has 2 aromatic rings. The van der Waals surface area contributed by atoms with Gasteiger partial charge in [-0.3, -0.25) is 10.1 Å². The summed E-state index contributed by atoms with van der Waals surface area (Å²) in [6.45, 7) is 2.07. The largest absolute Gasteiger partial charge is 0.388 e. The Morgan fingerprint density at radius 3 is 2.38 bits per heavy atom. The first-order valence-electron chi connectivity index (χ1n) is 7.40. The molecule has 0 aliphatic heterocycles. The van der Waals surface area contributed by atoms with Crippen LogP contribution in [0.5, 0.6) is 0 Å². The molecule has 0 aliphatic rings. The summed E-state index contributed by atoms with van der Waals surface area (Å²) in [6, 6.07) is 13.1. The van der Waals surface area contributed by atoms with E-state index in [9.17, 15) is 18.5 Å². The van der Waals surface area contributed by atoms with Gasteiger partial charge in [-0.1, -0.05) is 37.3 Å². The zero-order valence-electron chi connectivity index (χ0n) is 13.5. The highest BCUT2D eigenvalue weighted by Crippen LogP contribution is 2.30. The number of benzene rings is 2. The van der Waals surface area contributed by atoms with Gasteiger partial charge in [0.05, 0.1) is 4.92 Å². The van der Waals surface area contributed by atoms with Crippen LogP contribution in [0, 0.1) is 10.1 Å². The van der Waals surface area contributed by atoms with Gasteiger partial charge in [0.2, 0.25) is 10.0 Å². The molecule has 0 aromatic heterocycles. The van der Waals surface area contributed by atoms with Crippen LogP contribution in [0.15, 0.2) is 53.4 Å². The van der Waals surface area contributed by atoms with Crippen LogP contribution in [-0.2, 0) is 16.6 Å². The molecular formula is C16H19N3O4S. The monoisotopic (exact) mass is 349 g/mol. The molecule has 128 valence electrons. The second-order valence-electron chi connectivity index (χ2n) is 5.11. The summed E-state index contributed by atoms with van der Waals surface area (Å²) >= 11 is 0. The first-order chi connectivity index (χ1) is 11.4. The predicted molar refractivity (Wildman–Crippen MR) is 92.4 cm³/mol. The predicted octanol–water partition coefficient (Wildman–Crippen LogP) is 2.85. The molecule has 7 nitrogen and oxygen atoms in total. The first kappa shape index (κ1) is 17.9. The van der Waals surface area contributed by atoms with Gasteiger partial charge in [0.15, 0.2) is 4.90 Å². The third kappa shape index (κ3) is 3.72. The fourth-order valence-electron chi connectivity index (χ4n) is 2.33. The maximum Gasteiger partial charge on any atom is 0.291 e. The van der Waals surface area contributed by atoms with Crippen molar-refractivity contribution in [3.05, 3.63) is 64.2 Å². The number of rotatable bonds is 7. The Morgan fingerprint density at radius 1 is 1.17 bits per heavy atom. The van der Waals surface area contributed by atoms with Crippen molar-refractivity contribution in [2.75, 3.05) is 18.9 Å². The SMILES string of the molecule is CCN(Cc1ccccc1)S(=O)(=O)c1ccc(NC)cc1[N+](=O)[O-]. The van der Waals surface area contributed by atoms with Crippen LogP contribution in [0.3, 0.4) is 0 Å². The lowest BCUT2D eigenvalue weighted by atomic mass is 10.2. The standard InChI is InChI=1S/C16H19N3O4S/c1-3-18(12-13-7-5-4-6-8-13)24(22,23)16-10-9-14(17-2)11-15(16)19(20)21/h4-11,17H,3,12H2,1-2H3. The van der Waals surface area contributed by atoms with E-state index >= 15 is 0 Å². The molecule has 0 atom stereocenters. The van der Waals surface area contributed by atoms with Crippen LogP contribution < -0.4 is 5.32 Å². The molecule has 0 radical (unpaired) electrons. The number of nitrogens with zero attached hydrogens (tertiary/aromatic N) is 2. The first-order valence-corrected chi connectivity index (χ1v) is 8.84. The highest BCUT2D eigenvalue weighted by atomic mass is 32.2. The number of hydrogen-bond acceptors (Lipinski definition) is 5. The number of nitrogens with one attached hydrogen (secondary N) is 1. The van der Waals surface area contributed by atoms with Gasteiger partial charge < -0.3 is 5.32 Å². The number of nitro benzene ring substituents is 1. The lowest BCUT2D eigenvalue weighted by Gasteiger charge is -2.20. The quantitative estimate of drug-likeness (QED) is 0.613. The van der Waals surface area contributed by atoms with E-state index in [-0.39, 0.29) is 18.0 Å². The third-order valence-electron chi connectivity index (χ3n) is 3.62. The van der Waals surface area contributed by atoms with Crippen molar-refractivity contribution in [1.29, 1.82) is 0 Å². The average Bonchev–Trinajstić information content (AvgIpc) is 2.59. The molecule has 0 saturated carbocycles. The number of nitro groups is 1. The highest BCUT2D eigenvalue weighted by Gasteiger charge is 2.31. The Labute approximate surface area is 141 Å². The van der Waals surface area contributed by atoms with E-state index in [0.717, 1.165) is 5.56 Å². The van der Waals surface area contributed by atoms with Crippen molar-refractivity contribution in [2.24, 2.45) is 0 Å². The van der Waals surface area contributed by atoms with Crippen molar-refractivity contribution in [1.82, 2.24) is 4.31 Å². The second-order valence-corrected chi connectivity index (χ2v) is 7.01. The van der Waals surface area contributed by atoms with Crippen molar-refractivity contribution in [2.45, 2.75) is 18.4 Å². The minimum atomic E-state index is -3.99. The van der Waals surface area contributed by atoms with Gasteiger partial charge in [0.1, 0.15) is 0 Å². The molecule has 1 N–H and O–H groups in total. The third-order valence-corrected chi connectivity index (χ3v) is 5.58. The van der Waals surface area contributed by atoms with Crippen molar-refractivity contribution < 1.29 is 13.3 Å². The van der Waals surface area contributed by atoms with E-state index in [0.29, 0.717) is 5.69 Å². The van der Waals surface area contributed by atoms with Gasteiger partial charge >= 0.3 is 0 Å². The van der Waals surface area contributed by atoms with E-state index in [2.05, 4.69) is 5.32 Å². The summed E-state index contributed by atoms with van der Waals surface area (Å²) in [4.78, 5) is 10.3. The second kappa shape index (κ2) is 7.41. The molecule has 0 fully saturated rings. The molecule has 0 spiro atoms. The fraction of sp³-hybridized carbons (Fsp3) is 0.250. The van der Waals surface area contributed by atoms with E-state index in [1.807, 2.05) is 30.3 Å². The summed E-state index contributed by atoms with van der Waals surface area (Å²) in [5.41, 5.74) is 0.859. The Morgan fingerprint density at radius 2 is 1.83 bits per heavy atom. The van der Waals surface area contributed by atoms with E-state index < -0.39 is 20.6 Å². The molecular weight excluding hydrogens is 330 g/mol. The molecule has 0 bridgehead atoms. The van der Waals surface area contributed by atoms with E-state index in [1.54, 1.807) is 14.0 Å². The summed E-state index contributed by atoms with van der Waals surface area (Å²) < 4.78 is 27.0. The lowest BCUT2D eigenvalue weighted by molar-refractivity contribution is -0.387. The summed E-state index contributed by atoms with van der Waals surface area (Å²) in [5.74, 6) is 0. The van der Waals surface area contributed by atoms with Crippen LogP contribution in [0.25, 0.3) is 0 Å². The minimum Gasteiger partial charge on any atom is -0.388 e. The normalized spacial score (nSPS) is 11.5. The Kier molecular flexibility index (Phi) is 5.53. The molecule has 24 heavy (non-hydrogen) atoms. The molecule has 2 aromatic carbocycles. The van der Waals surface area contributed by atoms with Crippen molar-refractivity contribution >= 4 is 21.4 Å². The number of sulfonamides is 1. The summed E-state index contributed by atoms with van der Waals surface area (Å²) in [7, 11) is -2.37. The summed E-state index contributed by atoms with van der Waals surface area (Å²) in [6.07, 6.45) is 0. The molecule has 2 rings (SSSR count). The maximum absolute atomic E-state index is 12.9. The molecule has 0 aliphatic carbocycles. The summed E-state index contributed by atoms with van der Waals surface area (Å²) in [5, 5.41) is 14.1. The molecule has 0 heterocycles. The highest BCUT2D eigenvalue weighted by molar-refractivity contribution is 7.89. The van der Waals surface area contributed by atoms with Gasteiger partial charge in [0, 0.05) is 31.9 Å². The van der Waals surface area contributed by atoms with Crippen LogP contribution in [0.1, 0.15) is 12.5 Å². The Bertz CT molecular complexity index is 822. The zero-order chi connectivity index (χ0) is 17.7. The van der Waals surface area contributed by atoms with Crippen LogP contribution in [-0.4, -0.2) is 31.2 Å². The molecule has 0 saturated heterocycles. The minimum absolute atomic E-state index is 0.157. The number of anilines is 1. The molecule has 0 unspecified atom stereocenters. The van der Waals surface area contributed by atoms with Gasteiger partial charge in [-0.2, -0.15) is 4.31 Å². The van der Waals surface area contributed by atoms with Gasteiger partial charge in [-0.15, -0.1) is 0 Å². The van der Waals surface area contributed by atoms with Gasteiger partial charge in [-0.05, 0) is 17.7 Å². The van der Waals surface area contributed by atoms with Gasteiger partial charge in [0.25, 0.3) is 5.69 Å². The Balaban J connectivity index is 2.46. The lowest BCUT2D eigenvalue weighted by Crippen LogP contribution is -2.31. The van der Waals surface area contributed by atoms with Crippen LogP contribution >= 0.6 is 0 Å². The van der Waals surface area contributed by atoms with E-state index in [1.165, 1.54) is 22.5 Å². The maximum atomic E-state index is 12.9. The zero-order valence-corrected chi connectivity index (χ0v) is 14.3. The smallest absolute Gasteiger partial charge is 0.291 e. The van der Waals surface area contributed by atoms with Crippen LogP contribution in [0.4, 0.5) is 11.4 Å². The van der Waals surface area contributed by atoms with Crippen molar-refractivity contribution in [3.8, 4) is 0 Å². The van der Waals surface area contributed by atoms with E-state index in [4.69, 9.17) is 0 Å².